The van der Waals surface area contributed by atoms with Crippen molar-refractivity contribution in [2.75, 3.05) is 13.1 Å². The fraction of sp³-hybridized carbons (Fsp3) is 1.00. The molecule has 18 heavy (non-hydrogen) atoms. The van der Waals surface area contributed by atoms with Gasteiger partial charge in [-0.15, -0.1) is 0 Å². The lowest BCUT2D eigenvalue weighted by molar-refractivity contribution is -0.183. The molecule has 1 heterocycles. The van der Waals surface area contributed by atoms with E-state index in [0.717, 1.165) is 50.1 Å². The molecule has 0 radical (unpaired) electrons. The highest BCUT2D eigenvalue weighted by molar-refractivity contribution is 5.10. The van der Waals surface area contributed by atoms with Crippen molar-refractivity contribution in [1.29, 1.82) is 0 Å². The summed E-state index contributed by atoms with van der Waals surface area (Å²) in [6.07, 6.45) is 11.7. The summed E-state index contributed by atoms with van der Waals surface area (Å²) in [5, 5.41) is 14.9. The van der Waals surface area contributed by atoms with Crippen LogP contribution in [-0.4, -0.2) is 23.8 Å². The second-order valence-corrected chi connectivity index (χ2v) is 7.83. The molecule has 5 fully saturated rings. The van der Waals surface area contributed by atoms with Gasteiger partial charge in [-0.3, -0.25) is 0 Å². The third-order valence-electron chi connectivity index (χ3n) is 6.68. The van der Waals surface area contributed by atoms with Crippen LogP contribution in [0.4, 0.5) is 0 Å². The maximum atomic E-state index is 11.4. The molecular weight excluding hydrogens is 222 g/mol. The number of hydrogen-bond acceptors (Lipinski definition) is 2. The van der Waals surface area contributed by atoms with Gasteiger partial charge in [0, 0.05) is 0 Å². The van der Waals surface area contributed by atoms with E-state index in [9.17, 15) is 5.11 Å². The van der Waals surface area contributed by atoms with Crippen molar-refractivity contribution in [1.82, 2.24) is 5.32 Å². The quantitative estimate of drug-likeness (QED) is 0.749. The fourth-order valence-corrected chi connectivity index (χ4v) is 6.26. The molecule has 5 rings (SSSR count). The van der Waals surface area contributed by atoms with Gasteiger partial charge < -0.3 is 10.4 Å². The van der Waals surface area contributed by atoms with Crippen molar-refractivity contribution in [3.63, 3.8) is 0 Å². The minimum Gasteiger partial charge on any atom is -0.389 e. The maximum Gasteiger partial charge on any atom is 0.0716 e. The van der Waals surface area contributed by atoms with Gasteiger partial charge in [-0.25, -0.2) is 0 Å². The molecule has 2 nitrogen and oxygen atoms in total. The summed E-state index contributed by atoms with van der Waals surface area (Å²) >= 11 is 0. The maximum absolute atomic E-state index is 11.4. The summed E-state index contributed by atoms with van der Waals surface area (Å²) in [4.78, 5) is 0. The molecular formula is C16H27NO. The lowest BCUT2D eigenvalue weighted by Crippen LogP contribution is -2.58. The first-order valence-corrected chi connectivity index (χ1v) is 8.12. The van der Waals surface area contributed by atoms with Crippen LogP contribution in [0.15, 0.2) is 0 Å². The first-order valence-electron chi connectivity index (χ1n) is 8.12. The Kier molecular flexibility index (Phi) is 2.58. The first kappa shape index (κ1) is 11.7. The van der Waals surface area contributed by atoms with Crippen LogP contribution >= 0.6 is 0 Å². The van der Waals surface area contributed by atoms with Crippen molar-refractivity contribution < 1.29 is 5.11 Å². The van der Waals surface area contributed by atoms with Crippen molar-refractivity contribution >= 4 is 0 Å². The Balaban J connectivity index is 1.65. The van der Waals surface area contributed by atoms with Gasteiger partial charge in [-0.2, -0.15) is 0 Å². The summed E-state index contributed by atoms with van der Waals surface area (Å²) < 4.78 is 0. The number of aliphatic hydroxyl groups is 1. The highest BCUT2D eigenvalue weighted by Crippen LogP contribution is 2.65. The van der Waals surface area contributed by atoms with Crippen molar-refractivity contribution in [3.8, 4) is 0 Å². The van der Waals surface area contributed by atoms with Gasteiger partial charge in [0.25, 0.3) is 0 Å². The molecule has 4 bridgehead atoms. The van der Waals surface area contributed by atoms with Gasteiger partial charge in [0.05, 0.1) is 5.60 Å². The van der Waals surface area contributed by atoms with Crippen LogP contribution in [0.25, 0.3) is 0 Å². The molecule has 5 aliphatic rings. The number of rotatable bonds is 1. The molecule has 0 aromatic rings. The zero-order chi connectivity index (χ0) is 12.2. The van der Waals surface area contributed by atoms with Crippen molar-refractivity contribution in [2.45, 2.75) is 63.4 Å². The Morgan fingerprint density at radius 1 is 0.833 bits per heavy atom. The molecule has 2 N–H and O–H groups in total. The molecule has 1 aliphatic heterocycles. The van der Waals surface area contributed by atoms with Gasteiger partial charge in [0.2, 0.25) is 0 Å². The summed E-state index contributed by atoms with van der Waals surface area (Å²) in [5.41, 5.74) is -0.0275. The van der Waals surface area contributed by atoms with Gasteiger partial charge in [-0.05, 0) is 94.0 Å². The molecule has 1 saturated heterocycles. The van der Waals surface area contributed by atoms with Gasteiger partial charge in [0.1, 0.15) is 0 Å². The second-order valence-electron chi connectivity index (χ2n) is 7.83. The lowest BCUT2D eigenvalue weighted by atomic mass is 9.44. The minimum atomic E-state index is -0.341. The Labute approximate surface area is 111 Å². The molecule has 4 aliphatic carbocycles. The van der Waals surface area contributed by atoms with Crippen LogP contribution in [-0.2, 0) is 0 Å². The van der Waals surface area contributed by atoms with Crippen molar-refractivity contribution in [3.05, 3.63) is 0 Å². The third kappa shape index (κ3) is 1.61. The molecule has 0 amide bonds. The Hall–Kier alpha value is -0.0800. The molecule has 1 unspecified atom stereocenters. The van der Waals surface area contributed by atoms with E-state index in [1.165, 1.54) is 38.5 Å². The van der Waals surface area contributed by atoms with E-state index in [0.29, 0.717) is 5.41 Å². The van der Waals surface area contributed by atoms with Crippen molar-refractivity contribution in [2.24, 2.45) is 23.2 Å². The normalized spacial score (nSPS) is 55.5. The number of hydrogen-bond donors (Lipinski definition) is 2. The number of nitrogens with one attached hydrogen (secondary N) is 1. The summed E-state index contributed by atoms with van der Waals surface area (Å²) in [7, 11) is 0. The van der Waals surface area contributed by atoms with Gasteiger partial charge in [0.15, 0.2) is 0 Å². The zero-order valence-corrected chi connectivity index (χ0v) is 11.5. The molecule has 0 spiro atoms. The standard InChI is InChI=1S/C16H27NO/c18-16(2-1-4-17-5-3-16)15-9-12-6-13(10-15)8-14(7-12)11-15/h12-14,17-18H,1-11H2. The Morgan fingerprint density at radius 2 is 1.44 bits per heavy atom. The average Bonchev–Trinajstić information content (AvgIpc) is 2.53. The highest BCUT2D eigenvalue weighted by atomic mass is 16.3. The molecule has 4 saturated carbocycles. The Bertz CT molecular complexity index is 295. The smallest absolute Gasteiger partial charge is 0.0716 e. The largest absolute Gasteiger partial charge is 0.389 e. The fourth-order valence-electron chi connectivity index (χ4n) is 6.26. The van der Waals surface area contributed by atoms with Gasteiger partial charge >= 0.3 is 0 Å². The summed E-state index contributed by atoms with van der Waals surface area (Å²) in [5.74, 6) is 2.87. The SMILES string of the molecule is OC1(C23CC4CC(CC(C4)C2)C3)CCCNCC1. The summed E-state index contributed by atoms with van der Waals surface area (Å²) in [6.45, 7) is 2.13. The van der Waals surface area contributed by atoms with E-state index in [2.05, 4.69) is 5.32 Å². The topological polar surface area (TPSA) is 32.3 Å². The van der Waals surface area contributed by atoms with Crippen LogP contribution in [0, 0.1) is 23.2 Å². The van der Waals surface area contributed by atoms with E-state index >= 15 is 0 Å². The predicted molar refractivity (Wildman–Crippen MR) is 72.3 cm³/mol. The van der Waals surface area contributed by atoms with E-state index < -0.39 is 0 Å². The predicted octanol–water partition coefficient (Wildman–Crippen LogP) is 2.71. The van der Waals surface area contributed by atoms with Crippen LogP contribution in [0.5, 0.6) is 0 Å². The minimum absolute atomic E-state index is 0.313. The van der Waals surface area contributed by atoms with Crippen LogP contribution in [0.3, 0.4) is 0 Å². The van der Waals surface area contributed by atoms with Gasteiger partial charge in [-0.1, -0.05) is 0 Å². The van der Waals surface area contributed by atoms with Crippen LogP contribution < -0.4 is 5.32 Å². The van der Waals surface area contributed by atoms with Crippen LogP contribution in [0.2, 0.25) is 0 Å². The highest BCUT2D eigenvalue weighted by Gasteiger charge is 2.59. The monoisotopic (exact) mass is 249 g/mol. The van der Waals surface area contributed by atoms with Crippen LogP contribution in [0.1, 0.15) is 57.8 Å². The summed E-state index contributed by atoms with van der Waals surface area (Å²) in [6, 6.07) is 0. The molecule has 0 aromatic heterocycles. The van der Waals surface area contributed by atoms with E-state index in [-0.39, 0.29) is 5.60 Å². The van der Waals surface area contributed by atoms with E-state index in [1.807, 2.05) is 0 Å². The molecule has 102 valence electrons. The third-order valence-corrected chi connectivity index (χ3v) is 6.68. The van der Waals surface area contributed by atoms with E-state index in [1.54, 1.807) is 0 Å². The molecule has 1 atom stereocenters. The average molecular weight is 249 g/mol. The molecule has 0 aromatic carbocycles. The zero-order valence-electron chi connectivity index (χ0n) is 11.5. The lowest BCUT2D eigenvalue weighted by Gasteiger charge is -2.62. The van der Waals surface area contributed by atoms with E-state index in [4.69, 9.17) is 0 Å². The first-order chi connectivity index (χ1) is 8.69. The Morgan fingerprint density at radius 3 is 2.06 bits per heavy atom. The second kappa shape index (κ2) is 3.96. The molecule has 2 heteroatoms.